The summed E-state index contributed by atoms with van der Waals surface area (Å²) in [5.41, 5.74) is 0.198. The number of carbonyl (C=O) groups excluding carboxylic acids is 1. The average Bonchev–Trinajstić information content (AvgIpc) is 2.39. The molecule has 1 aromatic rings. The SMILES string of the molecule is Cc1cc(NCCC(=O)NCC(C)C)c([N+](=O)[O-])cc1F. The van der Waals surface area contributed by atoms with Crippen LogP contribution in [0.1, 0.15) is 25.8 Å². The van der Waals surface area contributed by atoms with Crippen molar-refractivity contribution in [1.29, 1.82) is 0 Å². The third-order valence-corrected chi connectivity index (χ3v) is 2.85. The number of hydrogen-bond donors (Lipinski definition) is 2. The third kappa shape index (κ3) is 5.37. The van der Waals surface area contributed by atoms with Crippen molar-refractivity contribution in [3.8, 4) is 0 Å². The maximum Gasteiger partial charge on any atom is 0.295 e. The van der Waals surface area contributed by atoms with Crippen molar-refractivity contribution in [3.05, 3.63) is 33.6 Å². The standard InChI is InChI=1S/C14H20FN3O3/c1-9(2)8-17-14(19)4-5-16-12-6-10(3)11(15)7-13(12)18(20)21/h6-7,9,16H,4-5,8H2,1-3H3,(H,17,19). The first-order valence-electron chi connectivity index (χ1n) is 6.76. The van der Waals surface area contributed by atoms with Gasteiger partial charge < -0.3 is 10.6 Å². The Hall–Kier alpha value is -2.18. The van der Waals surface area contributed by atoms with E-state index in [1.165, 1.54) is 13.0 Å². The van der Waals surface area contributed by atoms with Crippen molar-refractivity contribution in [2.45, 2.75) is 27.2 Å². The fourth-order valence-corrected chi connectivity index (χ4v) is 1.68. The Kier molecular flexibility index (Phi) is 6.08. The Morgan fingerprint density at radius 1 is 1.43 bits per heavy atom. The van der Waals surface area contributed by atoms with Crippen molar-refractivity contribution < 1.29 is 14.1 Å². The molecular weight excluding hydrogens is 277 g/mol. The van der Waals surface area contributed by atoms with Crippen molar-refractivity contribution in [2.75, 3.05) is 18.4 Å². The average molecular weight is 297 g/mol. The van der Waals surface area contributed by atoms with E-state index in [-0.39, 0.29) is 30.2 Å². The maximum atomic E-state index is 13.3. The second kappa shape index (κ2) is 7.56. The second-order valence-corrected chi connectivity index (χ2v) is 5.25. The highest BCUT2D eigenvalue weighted by Crippen LogP contribution is 2.27. The van der Waals surface area contributed by atoms with Crippen LogP contribution in [0.15, 0.2) is 12.1 Å². The molecule has 0 aromatic heterocycles. The highest BCUT2D eigenvalue weighted by atomic mass is 19.1. The number of nitrogens with one attached hydrogen (secondary N) is 2. The Bertz CT molecular complexity index is 532. The first kappa shape index (κ1) is 16.9. The van der Waals surface area contributed by atoms with Crippen LogP contribution in [0.3, 0.4) is 0 Å². The Balaban J connectivity index is 2.61. The summed E-state index contributed by atoms with van der Waals surface area (Å²) >= 11 is 0. The number of amides is 1. The second-order valence-electron chi connectivity index (χ2n) is 5.25. The first-order chi connectivity index (χ1) is 9.81. The zero-order valence-electron chi connectivity index (χ0n) is 12.4. The Labute approximate surface area is 122 Å². The lowest BCUT2D eigenvalue weighted by Gasteiger charge is -2.10. The monoisotopic (exact) mass is 297 g/mol. The first-order valence-corrected chi connectivity index (χ1v) is 6.76. The highest BCUT2D eigenvalue weighted by Gasteiger charge is 2.16. The summed E-state index contributed by atoms with van der Waals surface area (Å²) in [5.74, 6) is -0.387. The number of carbonyl (C=O) groups is 1. The number of nitro groups is 1. The van der Waals surface area contributed by atoms with Crippen LogP contribution >= 0.6 is 0 Å². The number of hydrogen-bond acceptors (Lipinski definition) is 4. The lowest BCUT2D eigenvalue weighted by atomic mass is 10.1. The van der Waals surface area contributed by atoms with Crippen LogP contribution in [-0.4, -0.2) is 23.9 Å². The molecule has 21 heavy (non-hydrogen) atoms. The van der Waals surface area contributed by atoms with Crippen LogP contribution in [0.25, 0.3) is 0 Å². The fourth-order valence-electron chi connectivity index (χ4n) is 1.68. The molecule has 0 atom stereocenters. The van der Waals surface area contributed by atoms with E-state index >= 15 is 0 Å². The summed E-state index contributed by atoms with van der Waals surface area (Å²) < 4.78 is 13.3. The smallest absolute Gasteiger partial charge is 0.295 e. The molecule has 0 bridgehead atoms. The van der Waals surface area contributed by atoms with E-state index in [4.69, 9.17) is 0 Å². The van der Waals surface area contributed by atoms with Gasteiger partial charge in [-0.15, -0.1) is 0 Å². The number of anilines is 1. The van der Waals surface area contributed by atoms with E-state index in [9.17, 15) is 19.3 Å². The van der Waals surface area contributed by atoms with Gasteiger partial charge in [0.15, 0.2) is 0 Å². The lowest BCUT2D eigenvalue weighted by molar-refractivity contribution is -0.384. The summed E-state index contributed by atoms with van der Waals surface area (Å²) in [6.07, 6.45) is 0.195. The quantitative estimate of drug-likeness (QED) is 0.598. The van der Waals surface area contributed by atoms with Gasteiger partial charge in [0.05, 0.1) is 11.0 Å². The minimum atomic E-state index is -0.649. The molecule has 7 heteroatoms. The lowest BCUT2D eigenvalue weighted by Crippen LogP contribution is -2.28. The van der Waals surface area contributed by atoms with Gasteiger partial charge >= 0.3 is 0 Å². The van der Waals surface area contributed by atoms with Gasteiger partial charge in [0, 0.05) is 19.5 Å². The minimum absolute atomic E-state index is 0.127. The summed E-state index contributed by atoms with van der Waals surface area (Å²) in [4.78, 5) is 21.8. The Morgan fingerprint density at radius 3 is 2.67 bits per heavy atom. The molecular formula is C14H20FN3O3. The van der Waals surface area contributed by atoms with E-state index in [1.807, 2.05) is 13.8 Å². The van der Waals surface area contributed by atoms with Gasteiger partial charge in [-0.2, -0.15) is 0 Å². The van der Waals surface area contributed by atoms with Gasteiger partial charge in [-0.25, -0.2) is 4.39 Å². The number of nitrogens with zero attached hydrogens (tertiary/aromatic N) is 1. The van der Waals surface area contributed by atoms with Gasteiger partial charge in [-0.3, -0.25) is 14.9 Å². The van der Waals surface area contributed by atoms with Gasteiger partial charge in [-0.1, -0.05) is 13.8 Å². The number of benzene rings is 1. The molecule has 0 heterocycles. The zero-order valence-corrected chi connectivity index (χ0v) is 12.4. The molecule has 1 rings (SSSR count). The summed E-state index contributed by atoms with van der Waals surface area (Å²) in [5, 5.41) is 16.4. The molecule has 0 fully saturated rings. The fraction of sp³-hybridized carbons (Fsp3) is 0.500. The van der Waals surface area contributed by atoms with E-state index in [0.717, 1.165) is 6.07 Å². The van der Waals surface area contributed by atoms with Crippen molar-refractivity contribution in [3.63, 3.8) is 0 Å². The van der Waals surface area contributed by atoms with E-state index in [0.29, 0.717) is 18.0 Å². The summed E-state index contributed by atoms with van der Waals surface area (Å²) in [6.45, 7) is 6.34. The number of rotatable bonds is 7. The van der Waals surface area contributed by atoms with Gasteiger partial charge in [0.1, 0.15) is 11.5 Å². The molecule has 1 aromatic carbocycles. The molecule has 0 aliphatic heterocycles. The number of nitro benzene ring substituents is 1. The van der Waals surface area contributed by atoms with Crippen molar-refractivity contribution in [2.24, 2.45) is 5.92 Å². The largest absolute Gasteiger partial charge is 0.379 e. The maximum absolute atomic E-state index is 13.3. The number of halogens is 1. The van der Waals surface area contributed by atoms with Gasteiger partial charge in [-0.05, 0) is 24.5 Å². The molecule has 0 radical (unpaired) electrons. The van der Waals surface area contributed by atoms with E-state index < -0.39 is 10.7 Å². The van der Waals surface area contributed by atoms with Crippen LogP contribution in [0, 0.1) is 28.8 Å². The minimum Gasteiger partial charge on any atom is -0.379 e. The van der Waals surface area contributed by atoms with Crippen molar-refractivity contribution in [1.82, 2.24) is 5.32 Å². The molecule has 0 saturated heterocycles. The van der Waals surface area contributed by atoms with Gasteiger partial charge in [0.2, 0.25) is 5.91 Å². The summed E-state index contributed by atoms with van der Waals surface area (Å²) in [7, 11) is 0. The molecule has 1 amide bonds. The molecule has 0 spiro atoms. The van der Waals surface area contributed by atoms with Crippen LogP contribution in [0.5, 0.6) is 0 Å². The highest BCUT2D eigenvalue weighted by molar-refractivity contribution is 5.76. The summed E-state index contributed by atoms with van der Waals surface area (Å²) in [6, 6.07) is 2.26. The van der Waals surface area contributed by atoms with E-state index in [2.05, 4.69) is 10.6 Å². The predicted molar refractivity (Wildman–Crippen MR) is 78.7 cm³/mol. The van der Waals surface area contributed by atoms with Crippen LogP contribution in [0.2, 0.25) is 0 Å². The molecule has 0 aliphatic rings. The van der Waals surface area contributed by atoms with Crippen molar-refractivity contribution >= 4 is 17.3 Å². The third-order valence-electron chi connectivity index (χ3n) is 2.85. The predicted octanol–water partition coefficient (Wildman–Crippen LogP) is 2.62. The molecule has 2 N–H and O–H groups in total. The van der Waals surface area contributed by atoms with Crippen LogP contribution in [0.4, 0.5) is 15.8 Å². The zero-order chi connectivity index (χ0) is 16.0. The van der Waals surface area contributed by atoms with Gasteiger partial charge in [0.25, 0.3) is 5.69 Å². The van der Waals surface area contributed by atoms with E-state index in [1.54, 1.807) is 0 Å². The molecule has 0 aliphatic carbocycles. The number of aryl methyl sites for hydroxylation is 1. The normalized spacial score (nSPS) is 10.5. The van der Waals surface area contributed by atoms with Crippen LogP contribution < -0.4 is 10.6 Å². The molecule has 6 nitrogen and oxygen atoms in total. The molecule has 0 unspecified atom stereocenters. The topological polar surface area (TPSA) is 84.3 Å². The molecule has 0 saturated carbocycles. The Morgan fingerprint density at radius 2 is 2.10 bits per heavy atom. The molecule has 116 valence electrons. The van der Waals surface area contributed by atoms with Crippen LogP contribution in [-0.2, 0) is 4.79 Å².